The molecule has 10 heteroatoms. The van der Waals surface area contributed by atoms with Gasteiger partial charge in [0, 0.05) is 21.8 Å². The third kappa shape index (κ3) is 5.27. The predicted molar refractivity (Wildman–Crippen MR) is 136 cm³/mol. The van der Waals surface area contributed by atoms with Crippen molar-refractivity contribution >= 4 is 49.7 Å². The number of nitrogens with zero attached hydrogens (tertiary/aromatic N) is 2. The summed E-state index contributed by atoms with van der Waals surface area (Å²) in [6, 6.07) is 17.0. The third-order valence-electron chi connectivity index (χ3n) is 5.24. The smallest absolute Gasteiger partial charge is 0.262 e. The molecule has 4 rings (SSSR count). The van der Waals surface area contributed by atoms with Gasteiger partial charge in [-0.3, -0.25) is 14.8 Å². The van der Waals surface area contributed by atoms with Crippen LogP contribution < -0.4 is 10.0 Å². The van der Waals surface area contributed by atoms with Gasteiger partial charge in [0.15, 0.2) is 0 Å². The number of halogens is 1. The van der Waals surface area contributed by atoms with Gasteiger partial charge in [0.2, 0.25) is 5.13 Å². The van der Waals surface area contributed by atoms with Gasteiger partial charge in [-0.1, -0.05) is 47.2 Å². The fraction of sp³-hybridized carbons (Fsp3) is 0.125. The molecular formula is C24H21ClN4O3S2. The molecule has 1 heterocycles. The van der Waals surface area contributed by atoms with E-state index in [1.165, 1.54) is 17.4 Å². The van der Waals surface area contributed by atoms with Crippen LogP contribution in [0.2, 0.25) is 5.02 Å². The molecule has 0 unspecified atom stereocenters. The number of carbonyl (C=O) groups is 1. The van der Waals surface area contributed by atoms with Gasteiger partial charge in [-0.15, -0.1) is 10.2 Å². The highest BCUT2D eigenvalue weighted by atomic mass is 35.5. The lowest BCUT2D eigenvalue weighted by Gasteiger charge is -2.13. The van der Waals surface area contributed by atoms with E-state index in [-0.39, 0.29) is 10.5 Å². The topological polar surface area (TPSA) is 101 Å². The molecule has 3 aromatic carbocycles. The Morgan fingerprint density at radius 1 is 0.882 bits per heavy atom. The highest BCUT2D eigenvalue weighted by Crippen LogP contribution is 2.28. The summed E-state index contributed by atoms with van der Waals surface area (Å²) in [5, 5.41) is 12.3. The van der Waals surface area contributed by atoms with E-state index in [1.807, 2.05) is 32.0 Å². The Morgan fingerprint density at radius 2 is 1.59 bits per heavy atom. The van der Waals surface area contributed by atoms with Crippen molar-refractivity contribution in [2.24, 2.45) is 0 Å². The Morgan fingerprint density at radius 3 is 2.29 bits per heavy atom. The molecule has 0 bridgehead atoms. The molecule has 2 N–H and O–H groups in total. The lowest BCUT2D eigenvalue weighted by atomic mass is 10.1. The van der Waals surface area contributed by atoms with E-state index in [1.54, 1.807) is 43.3 Å². The lowest BCUT2D eigenvalue weighted by Crippen LogP contribution is -2.17. The Bertz CT molecular complexity index is 1480. The molecule has 0 aliphatic carbocycles. The number of sulfonamides is 1. The molecule has 174 valence electrons. The minimum absolute atomic E-state index is 0.0255. The first-order valence-corrected chi connectivity index (χ1v) is 12.9. The maximum absolute atomic E-state index is 13.1. The van der Waals surface area contributed by atoms with Crippen LogP contribution >= 0.6 is 22.9 Å². The number of benzene rings is 3. The monoisotopic (exact) mass is 512 g/mol. The molecule has 7 nitrogen and oxygen atoms in total. The van der Waals surface area contributed by atoms with Crippen LogP contribution in [-0.2, 0) is 10.0 Å². The van der Waals surface area contributed by atoms with Crippen LogP contribution in [0, 0.1) is 20.8 Å². The predicted octanol–water partition coefficient (Wildman–Crippen LogP) is 5.84. The number of aromatic nitrogens is 2. The SMILES string of the molecule is Cc1ccc(NS(=O)(=O)c2cc(C(=O)Nc3nnc(-c4ccc(Cl)cc4)s3)ccc2C)cc1C. The Hall–Kier alpha value is -3.27. The molecule has 34 heavy (non-hydrogen) atoms. The van der Waals surface area contributed by atoms with Crippen molar-refractivity contribution in [3.63, 3.8) is 0 Å². The lowest BCUT2D eigenvalue weighted by molar-refractivity contribution is 0.102. The van der Waals surface area contributed by atoms with E-state index in [2.05, 4.69) is 20.2 Å². The minimum Gasteiger partial charge on any atom is -0.296 e. The van der Waals surface area contributed by atoms with Gasteiger partial charge in [0.05, 0.1) is 4.90 Å². The maximum atomic E-state index is 13.1. The number of nitrogens with one attached hydrogen (secondary N) is 2. The van der Waals surface area contributed by atoms with Crippen LogP contribution in [0.4, 0.5) is 10.8 Å². The van der Waals surface area contributed by atoms with Gasteiger partial charge in [-0.2, -0.15) is 0 Å². The Kier molecular flexibility index (Phi) is 6.70. The normalized spacial score (nSPS) is 11.3. The highest BCUT2D eigenvalue weighted by Gasteiger charge is 2.20. The minimum atomic E-state index is -3.90. The average Bonchev–Trinajstić information content (AvgIpc) is 3.25. The second-order valence-electron chi connectivity index (χ2n) is 7.76. The van der Waals surface area contributed by atoms with E-state index < -0.39 is 15.9 Å². The molecule has 4 aromatic rings. The number of hydrogen-bond acceptors (Lipinski definition) is 6. The van der Waals surface area contributed by atoms with Crippen molar-refractivity contribution in [3.05, 3.63) is 87.9 Å². The van der Waals surface area contributed by atoms with Crippen molar-refractivity contribution in [3.8, 4) is 10.6 Å². The molecule has 0 aliphatic heterocycles. The molecule has 0 fully saturated rings. The first-order chi connectivity index (χ1) is 16.1. The number of amides is 1. The molecule has 1 amide bonds. The Labute approximate surface area is 206 Å². The first kappa shape index (κ1) is 23.9. The van der Waals surface area contributed by atoms with Crippen molar-refractivity contribution in [1.82, 2.24) is 10.2 Å². The van der Waals surface area contributed by atoms with Crippen LogP contribution in [0.25, 0.3) is 10.6 Å². The van der Waals surface area contributed by atoms with E-state index in [0.717, 1.165) is 16.7 Å². The van der Waals surface area contributed by atoms with E-state index >= 15 is 0 Å². The molecule has 1 aromatic heterocycles. The number of aryl methyl sites for hydroxylation is 3. The van der Waals surface area contributed by atoms with Crippen LogP contribution in [0.1, 0.15) is 27.0 Å². The zero-order chi connectivity index (χ0) is 24.5. The zero-order valence-corrected chi connectivity index (χ0v) is 21.0. The van der Waals surface area contributed by atoms with Crippen molar-refractivity contribution in [2.45, 2.75) is 25.7 Å². The molecule has 0 saturated heterocycles. The number of carbonyl (C=O) groups excluding carboxylic acids is 1. The molecule has 0 saturated carbocycles. The summed E-state index contributed by atoms with van der Waals surface area (Å²) in [6.45, 7) is 5.55. The third-order valence-corrected chi connectivity index (χ3v) is 7.90. The van der Waals surface area contributed by atoms with Crippen LogP contribution in [0.3, 0.4) is 0 Å². The Balaban J connectivity index is 1.55. The van der Waals surface area contributed by atoms with Gasteiger partial charge in [0.1, 0.15) is 5.01 Å². The summed E-state index contributed by atoms with van der Waals surface area (Å²) >= 11 is 7.12. The zero-order valence-electron chi connectivity index (χ0n) is 18.6. The largest absolute Gasteiger partial charge is 0.296 e. The second-order valence-corrected chi connectivity index (χ2v) is 10.8. The van der Waals surface area contributed by atoms with Crippen molar-refractivity contribution < 1.29 is 13.2 Å². The fourth-order valence-corrected chi connectivity index (χ4v) is 5.39. The average molecular weight is 513 g/mol. The van der Waals surface area contributed by atoms with E-state index in [0.29, 0.717) is 26.4 Å². The molecular weight excluding hydrogens is 492 g/mol. The van der Waals surface area contributed by atoms with E-state index in [9.17, 15) is 13.2 Å². The number of rotatable bonds is 6. The maximum Gasteiger partial charge on any atom is 0.262 e. The van der Waals surface area contributed by atoms with Gasteiger partial charge < -0.3 is 0 Å². The quantitative estimate of drug-likeness (QED) is 0.338. The molecule has 0 aliphatic rings. The fourth-order valence-electron chi connectivity index (χ4n) is 3.20. The number of hydrogen-bond donors (Lipinski definition) is 2. The van der Waals surface area contributed by atoms with Gasteiger partial charge in [-0.25, -0.2) is 8.42 Å². The van der Waals surface area contributed by atoms with E-state index in [4.69, 9.17) is 11.6 Å². The van der Waals surface area contributed by atoms with Gasteiger partial charge in [0.25, 0.3) is 15.9 Å². The van der Waals surface area contributed by atoms with Crippen LogP contribution in [0.5, 0.6) is 0 Å². The summed E-state index contributed by atoms with van der Waals surface area (Å²) in [6.07, 6.45) is 0. The summed E-state index contributed by atoms with van der Waals surface area (Å²) in [5.74, 6) is -0.485. The second kappa shape index (κ2) is 9.54. The van der Waals surface area contributed by atoms with Crippen molar-refractivity contribution in [1.29, 1.82) is 0 Å². The summed E-state index contributed by atoms with van der Waals surface area (Å²) < 4.78 is 28.7. The summed E-state index contributed by atoms with van der Waals surface area (Å²) in [7, 11) is -3.90. The van der Waals surface area contributed by atoms with Crippen LogP contribution in [-0.4, -0.2) is 24.5 Å². The molecule has 0 radical (unpaired) electrons. The first-order valence-electron chi connectivity index (χ1n) is 10.2. The number of anilines is 2. The summed E-state index contributed by atoms with van der Waals surface area (Å²) in [4.78, 5) is 12.9. The van der Waals surface area contributed by atoms with Gasteiger partial charge >= 0.3 is 0 Å². The van der Waals surface area contributed by atoms with Crippen LogP contribution in [0.15, 0.2) is 65.6 Å². The standard InChI is InChI=1S/C24H21ClN4O3S2/c1-14-5-11-20(12-16(14)3)29-34(31,32)21-13-18(6-4-15(21)2)22(30)26-24-28-27-23(33-24)17-7-9-19(25)10-8-17/h4-13,29H,1-3H3,(H,26,28,30). The highest BCUT2D eigenvalue weighted by molar-refractivity contribution is 7.92. The summed E-state index contributed by atoms with van der Waals surface area (Å²) in [5.41, 5.74) is 4.03. The molecule has 0 atom stereocenters. The van der Waals surface area contributed by atoms with Crippen molar-refractivity contribution in [2.75, 3.05) is 10.0 Å². The van der Waals surface area contributed by atoms with Gasteiger partial charge in [-0.05, 0) is 73.9 Å². The molecule has 0 spiro atoms.